The molecule has 3 unspecified atom stereocenters. The second-order valence-corrected chi connectivity index (χ2v) is 9.29. The Balaban J connectivity index is 1.49. The molecule has 0 radical (unpaired) electrons. The van der Waals surface area contributed by atoms with Crippen LogP contribution in [0.1, 0.15) is 51.0 Å². The molecule has 2 heterocycles. The number of piperidine rings is 2. The van der Waals surface area contributed by atoms with E-state index in [1.807, 2.05) is 26.1 Å². The Morgan fingerprint density at radius 3 is 2.68 bits per heavy atom. The lowest BCUT2D eigenvalue weighted by Gasteiger charge is -2.59. The van der Waals surface area contributed by atoms with Crippen molar-refractivity contribution in [3.05, 3.63) is 28.8 Å². The van der Waals surface area contributed by atoms with Gasteiger partial charge in [-0.05, 0) is 50.2 Å². The molecule has 2 saturated carbocycles. The summed E-state index contributed by atoms with van der Waals surface area (Å²) in [5, 5.41) is 21.9. The molecule has 2 aliphatic heterocycles. The van der Waals surface area contributed by atoms with Crippen LogP contribution in [0.4, 0.5) is 5.69 Å². The minimum absolute atomic E-state index is 0.122. The Bertz CT molecular complexity index is 845. The van der Waals surface area contributed by atoms with Crippen molar-refractivity contribution in [1.82, 2.24) is 4.90 Å². The first-order valence-corrected chi connectivity index (χ1v) is 10.5. The van der Waals surface area contributed by atoms with E-state index in [0.717, 1.165) is 37.8 Å². The lowest BCUT2D eigenvalue weighted by Crippen LogP contribution is -2.63. The van der Waals surface area contributed by atoms with Crippen molar-refractivity contribution in [2.75, 3.05) is 12.4 Å². The van der Waals surface area contributed by atoms with E-state index in [-0.39, 0.29) is 29.3 Å². The third-order valence-corrected chi connectivity index (χ3v) is 7.30. The molecule has 4 aliphatic rings. The highest BCUT2D eigenvalue weighted by atomic mass is 35.5. The van der Waals surface area contributed by atoms with Gasteiger partial charge >= 0.3 is 0 Å². The Hall–Kier alpha value is -2.06. The number of anilines is 1. The molecule has 5 rings (SSSR count). The average Bonchev–Trinajstić information content (AvgIpc) is 2.66. The van der Waals surface area contributed by atoms with E-state index in [1.54, 1.807) is 6.07 Å². The van der Waals surface area contributed by atoms with Crippen LogP contribution < -0.4 is 5.32 Å². The molecule has 2 saturated heterocycles. The van der Waals surface area contributed by atoms with Crippen molar-refractivity contribution in [2.45, 2.75) is 57.5 Å². The molecule has 2 N–H and O–H groups in total. The second-order valence-electron chi connectivity index (χ2n) is 8.88. The largest absolute Gasteiger partial charge is 0.388 e. The van der Waals surface area contributed by atoms with E-state index in [4.69, 9.17) is 17.0 Å². The number of carbonyl (C=O) groups is 1. The predicted molar refractivity (Wildman–Crippen MR) is 111 cm³/mol. The second kappa shape index (κ2) is 7.08. The van der Waals surface area contributed by atoms with Crippen molar-refractivity contribution in [1.29, 1.82) is 10.7 Å². The van der Waals surface area contributed by atoms with Crippen LogP contribution in [0, 0.1) is 34.0 Å². The number of hydrogen-bond donors (Lipinski definition) is 2. The van der Waals surface area contributed by atoms with Crippen LogP contribution in [0.2, 0.25) is 5.02 Å². The molecule has 3 atom stereocenters. The summed E-state index contributed by atoms with van der Waals surface area (Å²) in [7, 11) is 1.81. The highest BCUT2D eigenvalue weighted by Crippen LogP contribution is 2.56. The maximum Gasteiger partial charge on any atom is 0.223 e. The molecule has 28 heavy (non-hydrogen) atoms. The monoisotopic (exact) mass is 398 g/mol. The number of carbonyl (C=O) groups excluding carboxylic acids is 1. The van der Waals surface area contributed by atoms with Gasteiger partial charge in [-0.3, -0.25) is 4.79 Å². The summed E-state index contributed by atoms with van der Waals surface area (Å²) in [5.41, 5.74) is 1.67. The number of nitrogens with zero attached hydrogens (tertiary/aromatic N) is 2. The standard InChI is InChI=1S/C22H27ClN4O/c1-13(21(25)20-17(23)4-3-5-18(20)26-2)6-19(28)27-15-7-14-8-16(27)11-22(9-14,10-15)12-24/h3-5,13-16,25-26H,6-11H2,1-2H3. The van der Waals surface area contributed by atoms with Gasteiger partial charge in [-0.15, -0.1) is 0 Å². The molecule has 1 amide bonds. The fraction of sp³-hybridized carbons (Fsp3) is 0.591. The van der Waals surface area contributed by atoms with Crippen LogP contribution in [-0.2, 0) is 4.79 Å². The Kier molecular flexibility index (Phi) is 4.87. The lowest BCUT2D eigenvalue weighted by molar-refractivity contribution is -0.153. The van der Waals surface area contributed by atoms with Gasteiger partial charge in [0.1, 0.15) is 0 Å². The van der Waals surface area contributed by atoms with E-state index in [0.29, 0.717) is 28.6 Å². The molecule has 2 aliphatic carbocycles. The third-order valence-electron chi connectivity index (χ3n) is 6.98. The molecule has 0 aromatic heterocycles. The molecule has 6 heteroatoms. The first kappa shape index (κ1) is 19.3. The zero-order valence-electron chi connectivity index (χ0n) is 16.5. The third kappa shape index (κ3) is 3.08. The number of halogens is 1. The van der Waals surface area contributed by atoms with Crippen molar-refractivity contribution in [3.8, 4) is 6.07 Å². The van der Waals surface area contributed by atoms with Gasteiger partial charge in [-0.1, -0.05) is 24.6 Å². The van der Waals surface area contributed by atoms with Crippen molar-refractivity contribution in [3.63, 3.8) is 0 Å². The summed E-state index contributed by atoms with van der Waals surface area (Å²) in [6.07, 6.45) is 5.03. The summed E-state index contributed by atoms with van der Waals surface area (Å²) in [6.45, 7) is 1.93. The maximum absolute atomic E-state index is 13.2. The van der Waals surface area contributed by atoms with Gasteiger partial charge in [0.05, 0.1) is 16.5 Å². The first-order chi connectivity index (χ1) is 13.4. The van der Waals surface area contributed by atoms with Crippen molar-refractivity contribution in [2.24, 2.45) is 17.3 Å². The number of nitriles is 1. The topological polar surface area (TPSA) is 80.0 Å². The lowest BCUT2D eigenvalue weighted by atomic mass is 9.56. The molecule has 4 fully saturated rings. The van der Waals surface area contributed by atoms with Gasteiger partial charge in [0.15, 0.2) is 0 Å². The summed E-state index contributed by atoms with van der Waals surface area (Å²) < 4.78 is 0. The van der Waals surface area contributed by atoms with Gasteiger partial charge in [0, 0.05) is 48.4 Å². The van der Waals surface area contributed by atoms with E-state index >= 15 is 0 Å². The summed E-state index contributed by atoms with van der Waals surface area (Å²) in [5.74, 6) is 0.497. The van der Waals surface area contributed by atoms with Crippen LogP contribution in [0.25, 0.3) is 0 Å². The molecular formula is C22H27ClN4O. The fourth-order valence-corrected chi connectivity index (χ4v) is 6.17. The van der Waals surface area contributed by atoms with Crippen LogP contribution in [0.15, 0.2) is 18.2 Å². The number of hydrogen-bond acceptors (Lipinski definition) is 4. The maximum atomic E-state index is 13.2. The van der Waals surface area contributed by atoms with Crippen LogP contribution >= 0.6 is 11.6 Å². The minimum atomic E-state index is -0.221. The van der Waals surface area contributed by atoms with Gasteiger partial charge in [0.2, 0.25) is 5.91 Å². The van der Waals surface area contributed by atoms with E-state index in [1.165, 1.54) is 0 Å². The highest BCUT2D eigenvalue weighted by Gasteiger charge is 2.56. The highest BCUT2D eigenvalue weighted by molar-refractivity contribution is 6.35. The SMILES string of the molecule is CNc1cccc(Cl)c1C(=N)C(C)CC(=O)N1C2CC3CC1CC(C#N)(C3)C2. The van der Waals surface area contributed by atoms with E-state index < -0.39 is 0 Å². The zero-order valence-corrected chi connectivity index (χ0v) is 17.2. The number of benzene rings is 1. The normalized spacial score (nSPS) is 31.4. The molecule has 1 aromatic rings. The van der Waals surface area contributed by atoms with Gasteiger partial charge in [0.25, 0.3) is 0 Å². The Morgan fingerprint density at radius 2 is 2.07 bits per heavy atom. The van der Waals surface area contributed by atoms with Crippen LogP contribution in [0.5, 0.6) is 0 Å². The molecule has 0 spiro atoms. The van der Waals surface area contributed by atoms with Crippen LogP contribution in [-0.4, -0.2) is 35.7 Å². The fourth-order valence-electron chi connectivity index (χ4n) is 5.89. The summed E-state index contributed by atoms with van der Waals surface area (Å²) >= 11 is 6.36. The van der Waals surface area contributed by atoms with Gasteiger partial charge in [-0.25, -0.2) is 0 Å². The van der Waals surface area contributed by atoms with Gasteiger partial charge < -0.3 is 15.6 Å². The molecule has 5 nitrogen and oxygen atoms in total. The quantitative estimate of drug-likeness (QED) is 0.718. The molecular weight excluding hydrogens is 372 g/mol. The molecule has 148 valence electrons. The molecule has 4 bridgehead atoms. The van der Waals surface area contributed by atoms with Gasteiger partial charge in [-0.2, -0.15) is 5.26 Å². The first-order valence-electron chi connectivity index (χ1n) is 10.1. The van der Waals surface area contributed by atoms with Crippen LogP contribution in [0.3, 0.4) is 0 Å². The van der Waals surface area contributed by atoms with E-state index in [9.17, 15) is 10.1 Å². The summed E-state index contributed by atoms with van der Waals surface area (Å²) in [6, 6.07) is 8.51. The number of rotatable bonds is 5. The minimum Gasteiger partial charge on any atom is -0.388 e. The Labute approximate surface area is 171 Å². The predicted octanol–water partition coefficient (Wildman–Crippen LogP) is 4.46. The van der Waals surface area contributed by atoms with Crippen molar-refractivity contribution < 1.29 is 4.79 Å². The van der Waals surface area contributed by atoms with Crippen molar-refractivity contribution >= 4 is 28.9 Å². The summed E-state index contributed by atoms with van der Waals surface area (Å²) in [4.78, 5) is 15.3. The molecule has 1 aromatic carbocycles. The number of nitrogens with one attached hydrogen (secondary N) is 2. The smallest absolute Gasteiger partial charge is 0.223 e. The van der Waals surface area contributed by atoms with E-state index in [2.05, 4.69) is 16.3 Å². The zero-order chi connectivity index (χ0) is 20.1. The average molecular weight is 399 g/mol. The number of amides is 1. The Morgan fingerprint density at radius 1 is 1.39 bits per heavy atom.